The zero-order valence-electron chi connectivity index (χ0n) is 28.0. The van der Waals surface area contributed by atoms with Crippen LogP contribution in [0.1, 0.15) is 125 Å². The SMILES string of the molecule is [C-]#[N+]c1c(CC(=O)OC2C(C(C)(C)C)CC(C)CC2C(C)(C)C)c2nc(C3CCC(C(C)(C)C)CC3)nn2/c1=C\[O-].[Na+]. The summed E-state index contributed by atoms with van der Waals surface area (Å²) in [5.74, 6) is 2.25. The van der Waals surface area contributed by atoms with Crippen LogP contribution in [0.4, 0.5) is 5.69 Å². The summed E-state index contributed by atoms with van der Waals surface area (Å²) in [5, 5.41) is 17.0. The number of aromatic nitrogens is 3. The fourth-order valence-corrected chi connectivity index (χ4v) is 7.54. The van der Waals surface area contributed by atoms with E-state index in [1.54, 1.807) is 0 Å². The fraction of sp³-hybridized carbons (Fsp3) is 0.765. The van der Waals surface area contributed by atoms with Crippen molar-refractivity contribution >= 4 is 23.6 Å². The smallest absolute Gasteiger partial charge is 0.877 e. The van der Waals surface area contributed by atoms with Crippen molar-refractivity contribution in [2.75, 3.05) is 0 Å². The predicted octanol–water partition coefficient (Wildman–Crippen LogP) is 3.63. The van der Waals surface area contributed by atoms with Crippen molar-refractivity contribution < 1.29 is 44.2 Å². The van der Waals surface area contributed by atoms with Gasteiger partial charge in [-0.2, -0.15) is 5.10 Å². The molecule has 2 aromatic rings. The Hall–Kier alpha value is -1.62. The summed E-state index contributed by atoms with van der Waals surface area (Å²) < 4.78 is 7.88. The normalized spacial score (nSPS) is 27.9. The van der Waals surface area contributed by atoms with Crippen LogP contribution in [0, 0.1) is 46.5 Å². The first-order chi connectivity index (χ1) is 19.0. The van der Waals surface area contributed by atoms with Gasteiger partial charge in [-0.05, 0) is 66.6 Å². The zero-order valence-corrected chi connectivity index (χ0v) is 30.0. The van der Waals surface area contributed by atoms with Crippen LogP contribution in [0.3, 0.4) is 0 Å². The molecule has 4 rings (SSSR count). The van der Waals surface area contributed by atoms with Crippen LogP contribution < -0.4 is 40.0 Å². The first-order valence-corrected chi connectivity index (χ1v) is 15.6. The molecule has 0 N–H and O–H groups in total. The molecule has 226 valence electrons. The molecule has 0 bridgehead atoms. The van der Waals surface area contributed by atoms with Gasteiger partial charge in [0, 0.05) is 23.3 Å². The number of nitrogens with zero attached hydrogens (tertiary/aromatic N) is 4. The molecule has 2 unspecified atom stereocenters. The quantitative estimate of drug-likeness (QED) is 0.311. The Kier molecular flexibility index (Phi) is 10.6. The van der Waals surface area contributed by atoms with Gasteiger partial charge in [0.2, 0.25) is 5.69 Å². The Morgan fingerprint density at radius 2 is 1.55 bits per heavy atom. The maximum Gasteiger partial charge on any atom is 1.00 e. The van der Waals surface area contributed by atoms with Gasteiger partial charge >= 0.3 is 35.5 Å². The van der Waals surface area contributed by atoms with Gasteiger partial charge in [-0.1, -0.05) is 69.2 Å². The topological polar surface area (TPSA) is 83.9 Å². The second kappa shape index (κ2) is 12.8. The molecule has 2 aromatic heterocycles. The third kappa shape index (κ3) is 7.19. The second-order valence-electron chi connectivity index (χ2n) is 16.2. The van der Waals surface area contributed by atoms with Crippen molar-refractivity contribution in [3.8, 4) is 0 Å². The number of hydrogen-bond acceptors (Lipinski definition) is 5. The monoisotopic (exact) mass is 586 g/mol. The molecule has 42 heavy (non-hydrogen) atoms. The summed E-state index contributed by atoms with van der Waals surface area (Å²) in [5.41, 5.74) is 1.31. The number of ether oxygens (including phenoxy) is 1. The van der Waals surface area contributed by atoms with Crippen LogP contribution in [0.2, 0.25) is 0 Å². The van der Waals surface area contributed by atoms with E-state index in [4.69, 9.17) is 21.4 Å². The minimum atomic E-state index is -0.363. The van der Waals surface area contributed by atoms with Gasteiger partial charge in [-0.25, -0.2) is 14.3 Å². The minimum absolute atomic E-state index is 0. The zero-order chi connectivity index (χ0) is 30.5. The van der Waals surface area contributed by atoms with Crippen LogP contribution in [-0.2, 0) is 16.0 Å². The average Bonchev–Trinajstić information content (AvgIpc) is 3.40. The molecule has 2 heterocycles. The van der Waals surface area contributed by atoms with E-state index in [0.29, 0.717) is 35.1 Å². The molecular formula is C34H51N4NaO3. The van der Waals surface area contributed by atoms with Crippen LogP contribution >= 0.6 is 0 Å². The largest absolute Gasteiger partial charge is 1.00 e. The number of rotatable bonds is 4. The Morgan fingerprint density at radius 1 is 1.00 bits per heavy atom. The van der Waals surface area contributed by atoms with Crippen molar-refractivity contribution in [3.63, 3.8) is 0 Å². The first-order valence-electron chi connectivity index (χ1n) is 15.6. The van der Waals surface area contributed by atoms with E-state index in [1.807, 2.05) is 0 Å². The van der Waals surface area contributed by atoms with Crippen LogP contribution in [-0.4, -0.2) is 26.7 Å². The summed E-state index contributed by atoms with van der Waals surface area (Å²) in [4.78, 5) is 22.2. The van der Waals surface area contributed by atoms with Gasteiger partial charge in [0.15, 0.2) is 5.82 Å². The van der Waals surface area contributed by atoms with Crippen molar-refractivity contribution in [1.29, 1.82) is 0 Å². The molecule has 2 atom stereocenters. The molecule has 7 nitrogen and oxygen atoms in total. The third-order valence-corrected chi connectivity index (χ3v) is 10.1. The van der Waals surface area contributed by atoms with Gasteiger partial charge in [0.25, 0.3) is 0 Å². The number of carbonyl (C=O) groups is 1. The van der Waals surface area contributed by atoms with Gasteiger partial charge in [-0.3, -0.25) is 4.79 Å². The van der Waals surface area contributed by atoms with Crippen LogP contribution in [0.25, 0.3) is 16.8 Å². The number of esters is 1. The van der Waals surface area contributed by atoms with E-state index >= 15 is 0 Å². The van der Waals surface area contributed by atoms with E-state index in [1.165, 1.54) is 4.52 Å². The van der Waals surface area contributed by atoms with Crippen molar-refractivity contribution in [3.05, 3.63) is 28.2 Å². The standard InChI is InChI=1S/C34H52N4O3.Na/c1-20-16-24(33(5,6)7)29(25(17-20)34(8,9)10)41-27(40)18-23-28(35-11)26(19-39)38-31(23)36-30(37-38)21-12-14-22(15-13-21)32(2,3)4;/h19-22,24-25,29,39H,12-18H2,1-10H3;/q;+1/p-1/b26-19-;. The summed E-state index contributed by atoms with van der Waals surface area (Å²) in [6.07, 6.45) is 6.63. The third-order valence-electron chi connectivity index (χ3n) is 10.1. The van der Waals surface area contributed by atoms with Gasteiger partial charge in [-0.15, -0.1) is 6.26 Å². The van der Waals surface area contributed by atoms with E-state index in [2.05, 4.69) is 74.1 Å². The van der Waals surface area contributed by atoms with E-state index in [9.17, 15) is 9.90 Å². The van der Waals surface area contributed by atoms with E-state index < -0.39 is 0 Å². The molecule has 0 aromatic carbocycles. The molecule has 2 aliphatic rings. The van der Waals surface area contributed by atoms with Crippen LogP contribution in [0.5, 0.6) is 0 Å². The maximum atomic E-state index is 13.7. The Morgan fingerprint density at radius 3 is 2.00 bits per heavy atom. The molecular weight excluding hydrogens is 535 g/mol. The predicted molar refractivity (Wildman–Crippen MR) is 161 cm³/mol. The van der Waals surface area contributed by atoms with E-state index in [0.717, 1.165) is 38.5 Å². The molecule has 0 amide bonds. The Balaban J connectivity index is 0.00000484. The molecule has 2 fully saturated rings. The van der Waals surface area contributed by atoms with Crippen molar-refractivity contribution in [1.82, 2.24) is 14.6 Å². The van der Waals surface area contributed by atoms with Gasteiger partial charge in [0.1, 0.15) is 11.8 Å². The van der Waals surface area contributed by atoms with E-state index in [-0.39, 0.29) is 93.1 Å². The Labute approximate surface area is 275 Å². The summed E-state index contributed by atoms with van der Waals surface area (Å²) >= 11 is 0. The Bertz CT molecular complexity index is 1320. The fourth-order valence-electron chi connectivity index (χ4n) is 7.54. The maximum absolute atomic E-state index is 13.7. The summed E-state index contributed by atoms with van der Waals surface area (Å²) in [6.45, 7) is 30.4. The first kappa shape index (κ1) is 34.9. The molecule has 8 heteroatoms. The summed E-state index contributed by atoms with van der Waals surface area (Å²) in [6, 6.07) is 0. The second-order valence-corrected chi connectivity index (χ2v) is 16.2. The average molecular weight is 587 g/mol. The molecule has 0 spiro atoms. The minimum Gasteiger partial charge on any atom is -0.877 e. The number of hydrogen-bond donors (Lipinski definition) is 0. The number of carbonyl (C=O) groups excluding carboxylic acids is 1. The van der Waals surface area contributed by atoms with Gasteiger partial charge < -0.3 is 9.84 Å². The number of fused-ring (bicyclic) bond motifs is 1. The molecule has 0 radical (unpaired) electrons. The molecule has 2 saturated carbocycles. The molecule has 0 aliphatic heterocycles. The van der Waals surface area contributed by atoms with Crippen LogP contribution in [0.15, 0.2) is 0 Å². The van der Waals surface area contributed by atoms with Gasteiger partial charge in [0.05, 0.1) is 18.3 Å². The van der Waals surface area contributed by atoms with Crippen molar-refractivity contribution in [2.45, 2.75) is 126 Å². The van der Waals surface area contributed by atoms with Crippen molar-refractivity contribution in [2.24, 2.45) is 39.9 Å². The summed E-state index contributed by atoms with van der Waals surface area (Å²) in [7, 11) is 0. The molecule has 2 aliphatic carbocycles. The molecule has 0 saturated heterocycles.